The van der Waals surface area contributed by atoms with Crippen molar-refractivity contribution in [3.63, 3.8) is 0 Å². The Morgan fingerprint density at radius 1 is 0.854 bits per heavy atom. The number of thioether (sulfide) groups is 1. The summed E-state index contributed by atoms with van der Waals surface area (Å²) in [6, 6.07) is 30.6. The van der Waals surface area contributed by atoms with Crippen molar-refractivity contribution in [2.24, 2.45) is 5.92 Å². The number of carbonyl (C=O) groups is 2. The Bertz CT molecular complexity index is 1680. The van der Waals surface area contributed by atoms with E-state index in [-0.39, 0.29) is 17.8 Å². The lowest BCUT2D eigenvalue weighted by Gasteiger charge is -2.35. The second-order valence-electron chi connectivity index (χ2n) is 12.2. The number of hydrogen-bond acceptors (Lipinski definition) is 8. The molecule has 2 aliphatic heterocycles. The second kappa shape index (κ2) is 16.6. The third kappa shape index (κ3) is 8.90. The van der Waals surface area contributed by atoms with Crippen molar-refractivity contribution in [2.75, 3.05) is 57.3 Å². The average molecular weight is 662 g/mol. The van der Waals surface area contributed by atoms with Crippen molar-refractivity contribution in [2.45, 2.75) is 30.7 Å². The van der Waals surface area contributed by atoms with Crippen LogP contribution < -0.4 is 4.90 Å². The van der Waals surface area contributed by atoms with Crippen LogP contribution in [-0.2, 0) is 15.3 Å². The summed E-state index contributed by atoms with van der Waals surface area (Å²) in [7, 11) is 0. The van der Waals surface area contributed by atoms with Gasteiger partial charge in [-0.05, 0) is 43.0 Å². The third-order valence-corrected chi connectivity index (χ3v) is 9.79. The lowest BCUT2D eigenvalue weighted by molar-refractivity contribution is -0.149. The van der Waals surface area contributed by atoms with Gasteiger partial charge < -0.3 is 14.5 Å². The van der Waals surface area contributed by atoms with Crippen LogP contribution >= 0.6 is 11.8 Å². The number of nitrogens with zero attached hydrogens (tertiary/aromatic N) is 5. The number of likely N-dealkylation sites (tertiary alicyclic amines) is 1. The van der Waals surface area contributed by atoms with Crippen LogP contribution in [0.4, 0.5) is 5.82 Å². The zero-order chi connectivity index (χ0) is 33.1. The molecule has 0 spiro atoms. The molecule has 8 nitrogen and oxygen atoms in total. The van der Waals surface area contributed by atoms with E-state index in [1.54, 1.807) is 11.8 Å². The van der Waals surface area contributed by atoms with E-state index >= 15 is 0 Å². The number of rotatable bonds is 11. The van der Waals surface area contributed by atoms with Crippen LogP contribution in [-0.4, -0.2) is 84.1 Å². The predicted octanol–water partition coefficient (Wildman–Crippen LogP) is 6.69. The standard InChI is InChI=1S/C39H43N5O3S/c1-2-47-38(46)33-18-21-44(22-19-33)37(45)34-17-9-13-31(27-34)29-48-39-40-35(32-15-7-4-8-16-32)28-36(41-39)43-25-23-42(24-26-43)20-10-14-30-11-5-3-6-12-30/h3-17,27-28,33H,2,18-26,29H2,1H3/b14-10+. The number of carbonyl (C=O) groups excluding carboxylic acids is 2. The number of piperidine rings is 1. The van der Waals surface area contributed by atoms with Crippen LogP contribution in [0.5, 0.6) is 0 Å². The van der Waals surface area contributed by atoms with E-state index in [0.29, 0.717) is 43.9 Å². The van der Waals surface area contributed by atoms with Gasteiger partial charge in [0.15, 0.2) is 5.16 Å². The first kappa shape index (κ1) is 33.4. The Kier molecular flexibility index (Phi) is 11.5. The van der Waals surface area contributed by atoms with Crippen LogP contribution in [0.25, 0.3) is 17.3 Å². The minimum Gasteiger partial charge on any atom is -0.466 e. The van der Waals surface area contributed by atoms with Crippen LogP contribution in [0.1, 0.15) is 41.3 Å². The topological polar surface area (TPSA) is 78.9 Å². The first-order valence-electron chi connectivity index (χ1n) is 16.9. The summed E-state index contributed by atoms with van der Waals surface area (Å²) in [4.78, 5) is 42.2. The van der Waals surface area contributed by atoms with Gasteiger partial charge in [-0.25, -0.2) is 9.97 Å². The summed E-state index contributed by atoms with van der Waals surface area (Å²) in [5.41, 5.74) is 4.90. The van der Waals surface area contributed by atoms with Gasteiger partial charge in [-0.3, -0.25) is 14.5 Å². The Balaban J connectivity index is 1.09. The Hall–Kier alpha value is -4.47. The van der Waals surface area contributed by atoms with E-state index in [2.05, 4.69) is 64.4 Å². The van der Waals surface area contributed by atoms with Crippen LogP contribution in [0.15, 0.2) is 102 Å². The predicted molar refractivity (Wildman–Crippen MR) is 193 cm³/mol. The molecule has 0 aliphatic carbocycles. The number of benzene rings is 3. The SMILES string of the molecule is CCOC(=O)C1CCN(C(=O)c2cccc(CSc3nc(-c4ccccc4)cc(N4CCN(C/C=C/c5ccccc5)CC4)n3)c2)CC1. The largest absolute Gasteiger partial charge is 0.466 e. The van der Waals surface area contributed by atoms with E-state index < -0.39 is 0 Å². The fourth-order valence-corrected chi connectivity index (χ4v) is 6.96. The van der Waals surface area contributed by atoms with Gasteiger partial charge in [-0.15, -0.1) is 0 Å². The highest BCUT2D eigenvalue weighted by Gasteiger charge is 2.28. The zero-order valence-electron chi connectivity index (χ0n) is 27.5. The highest BCUT2D eigenvalue weighted by Crippen LogP contribution is 2.29. The molecule has 4 aromatic rings. The van der Waals surface area contributed by atoms with E-state index in [9.17, 15) is 9.59 Å². The number of ether oxygens (including phenoxy) is 1. The quantitative estimate of drug-likeness (QED) is 0.100. The summed E-state index contributed by atoms with van der Waals surface area (Å²) in [6.45, 7) is 7.98. The number of hydrogen-bond donors (Lipinski definition) is 0. The van der Waals surface area contributed by atoms with Gasteiger partial charge in [-0.1, -0.05) is 96.7 Å². The van der Waals surface area contributed by atoms with Gasteiger partial charge in [0.1, 0.15) is 5.82 Å². The van der Waals surface area contributed by atoms with Crippen LogP contribution in [0.3, 0.4) is 0 Å². The molecule has 1 aromatic heterocycles. The molecule has 3 heterocycles. The number of esters is 1. The van der Waals surface area contributed by atoms with Crippen molar-refractivity contribution in [1.82, 2.24) is 19.8 Å². The fourth-order valence-electron chi connectivity index (χ4n) is 6.16. The lowest BCUT2D eigenvalue weighted by atomic mass is 9.96. The molecule has 0 radical (unpaired) electrons. The summed E-state index contributed by atoms with van der Waals surface area (Å²) in [5, 5.41) is 0.720. The molecule has 3 aromatic carbocycles. The van der Waals surface area contributed by atoms with Crippen molar-refractivity contribution >= 4 is 35.5 Å². The smallest absolute Gasteiger partial charge is 0.309 e. The van der Waals surface area contributed by atoms with Crippen LogP contribution in [0.2, 0.25) is 0 Å². The van der Waals surface area contributed by atoms with Gasteiger partial charge in [0, 0.05) is 68.8 Å². The van der Waals surface area contributed by atoms with Crippen molar-refractivity contribution in [3.8, 4) is 11.3 Å². The maximum atomic E-state index is 13.4. The molecule has 48 heavy (non-hydrogen) atoms. The van der Waals surface area contributed by atoms with Crippen molar-refractivity contribution < 1.29 is 14.3 Å². The van der Waals surface area contributed by atoms with Gasteiger partial charge >= 0.3 is 5.97 Å². The van der Waals surface area contributed by atoms with Crippen LogP contribution in [0, 0.1) is 5.92 Å². The zero-order valence-corrected chi connectivity index (χ0v) is 28.4. The van der Waals surface area contributed by atoms with Gasteiger partial charge in [0.25, 0.3) is 5.91 Å². The third-order valence-electron chi connectivity index (χ3n) is 8.88. The molecule has 1 amide bonds. The fraction of sp³-hybridized carbons (Fsp3) is 0.333. The molecule has 9 heteroatoms. The van der Waals surface area contributed by atoms with E-state index in [1.165, 1.54) is 5.56 Å². The van der Waals surface area contributed by atoms with Gasteiger partial charge in [0.05, 0.1) is 18.2 Å². The Morgan fingerprint density at radius 2 is 1.58 bits per heavy atom. The summed E-state index contributed by atoms with van der Waals surface area (Å²) in [5.74, 6) is 1.31. The molecule has 2 fully saturated rings. The Morgan fingerprint density at radius 3 is 2.31 bits per heavy atom. The number of anilines is 1. The summed E-state index contributed by atoms with van der Waals surface area (Å²) < 4.78 is 5.18. The number of amides is 1. The van der Waals surface area contributed by atoms with Crippen molar-refractivity contribution in [3.05, 3.63) is 114 Å². The number of piperazine rings is 1. The maximum Gasteiger partial charge on any atom is 0.309 e. The summed E-state index contributed by atoms with van der Waals surface area (Å²) >= 11 is 1.59. The van der Waals surface area contributed by atoms with E-state index in [4.69, 9.17) is 14.7 Å². The van der Waals surface area contributed by atoms with Crippen molar-refractivity contribution in [1.29, 1.82) is 0 Å². The molecular formula is C39H43N5O3S. The normalized spacial score (nSPS) is 15.9. The highest BCUT2D eigenvalue weighted by molar-refractivity contribution is 7.98. The average Bonchev–Trinajstić information content (AvgIpc) is 3.15. The monoisotopic (exact) mass is 661 g/mol. The lowest BCUT2D eigenvalue weighted by Crippen LogP contribution is -2.46. The molecule has 0 bridgehead atoms. The second-order valence-corrected chi connectivity index (χ2v) is 13.1. The summed E-state index contributed by atoms with van der Waals surface area (Å²) in [6.07, 6.45) is 5.71. The van der Waals surface area contributed by atoms with Gasteiger partial charge in [-0.2, -0.15) is 0 Å². The molecule has 6 rings (SSSR count). The molecule has 2 aliphatic rings. The molecule has 2 saturated heterocycles. The first-order chi connectivity index (χ1) is 23.6. The van der Waals surface area contributed by atoms with Gasteiger partial charge in [0.2, 0.25) is 0 Å². The van der Waals surface area contributed by atoms with E-state index in [1.807, 2.05) is 60.4 Å². The first-order valence-corrected chi connectivity index (χ1v) is 17.9. The molecule has 0 unspecified atom stereocenters. The molecule has 0 atom stereocenters. The molecule has 0 N–H and O–H groups in total. The Labute approximate surface area is 287 Å². The molecular weight excluding hydrogens is 619 g/mol. The molecule has 0 saturated carbocycles. The number of aromatic nitrogens is 2. The minimum atomic E-state index is -0.153. The minimum absolute atomic E-state index is 0.00321. The molecule has 248 valence electrons. The highest BCUT2D eigenvalue weighted by atomic mass is 32.2. The maximum absolute atomic E-state index is 13.4. The van der Waals surface area contributed by atoms with E-state index in [0.717, 1.165) is 60.5 Å².